The minimum atomic E-state index is -4.50. The van der Waals surface area contributed by atoms with Gasteiger partial charge in [0.25, 0.3) is 0 Å². The Hall–Kier alpha value is -3.68. The van der Waals surface area contributed by atoms with Crippen molar-refractivity contribution in [2.75, 3.05) is 25.5 Å². The number of nitrogens with zero attached hydrogens (tertiary/aromatic N) is 3. The average molecular weight is 576 g/mol. The number of hydrogen-bond donors (Lipinski definition) is 3. The fraction of sp³-hybridized carbons (Fsp3) is 0.333. The van der Waals surface area contributed by atoms with Crippen LogP contribution < -0.4 is 10.6 Å². The van der Waals surface area contributed by atoms with Gasteiger partial charge < -0.3 is 20.6 Å². The van der Waals surface area contributed by atoms with Crippen LogP contribution in [0.3, 0.4) is 0 Å². The summed E-state index contributed by atoms with van der Waals surface area (Å²) in [6, 6.07) is 13.8. The summed E-state index contributed by atoms with van der Waals surface area (Å²) in [6.45, 7) is 0.976. The lowest BCUT2D eigenvalue weighted by atomic mass is 10.0. The topological polar surface area (TPSA) is 115 Å². The highest BCUT2D eigenvalue weighted by molar-refractivity contribution is 7.89. The molecule has 2 aromatic carbocycles. The van der Waals surface area contributed by atoms with Gasteiger partial charge in [-0.15, -0.1) is 0 Å². The first kappa shape index (κ1) is 27.9. The summed E-state index contributed by atoms with van der Waals surface area (Å²) in [6.07, 6.45) is -4.64. The van der Waals surface area contributed by atoms with Crippen molar-refractivity contribution in [2.24, 2.45) is 0 Å². The first-order chi connectivity index (χ1) is 19.0. The second kappa shape index (κ2) is 10.7. The molecule has 1 aromatic heterocycles. The summed E-state index contributed by atoms with van der Waals surface area (Å²) >= 11 is 0. The van der Waals surface area contributed by atoms with E-state index in [2.05, 4.69) is 15.6 Å². The number of amides is 2. The minimum Gasteiger partial charge on any atom is -0.390 e. The largest absolute Gasteiger partial charge is 0.417 e. The standard InChI is InChI=1S/C27H28F3N5O4S/c1-31-26(37)34-14-19-3-2-18(12-20(19)15-34)17-4-7-22(8-5-17)40(38,39)35-11-10-23(24(36)16-35)33-25-9-6-21(13-32-25)27(28,29)30/h2-9,12-13,23-24,36H,10-11,14-16H2,1H3,(H,31,37)(H,32,33)/t23-,24+/m1/s1. The van der Waals surface area contributed by atoms with Crippen LogP contribution in [0.25, 0.3) is 11.1 Å². The molecule has 0 saturated carbocycles. The number of carbonyl (C=O) groups excluding carboxylic acids is 1. The maximum Gasteiger partial charge on any atom is 0.417 e. The van der Waals surface area contributed by atoms with Gasteiger partial charge in [0.05, 0.1) is 22.6 Å². The fourth-order valence-electron chi connectivity index (χ4n) is 4.97. The van der Waals surface area contributed by atoms with E-state index in [-0.39, 0.29) is 36.3 Å². The number of aliphatic hydroxyl groups excluding tert-OH is 1. The molecule has 5 rings (SSSR count). The van der Waals surface area contributed by atoms with Crippen molar-refractivity contribution in [3.05, 3.63) is 77.5 Å². The molecule has 3 N–H and O–H groups in total. The number of sulfonamides is 1. The molecule has 3 heterocycles. The number of halogens is 3. The van der Waals surface area contributed by atoms with Crippen LogP contribution in [0.15, 0.2) is 65.7 Å². The molecule has 1 saturated heterocycles. The lowest BCUT2D eigenvalue weighted by Crippen LogP contribution is -2.51. The molecule has 1 fully saturated rings. The van der Waals surface area contributed by atoms with Crippen LogP contribution in [0.4, 0.5) is 23.8 Å². The van der Waals surface area contributed by atoms with Crippen molar-refractivity contribution in [1.29, 1.82) is 0 Å². The highest BCUT2D eigenvalue weighted by Gasteiger charge is 2.35. The van der Waals surface area contributed by atoms with E-state index in [0.717, 1.165) is 28.3 Å². The van der Waals surface area contributed by atoms with Crippen molar-refractivity contribution in [1.82, 2.24) is 19.5 Å². The number of aliphatic hydroxyl groups is 1. The molecule has 0 aliphatic carbocycles. The van der Waals surface area contributed by atoms with E-state index in [1.807, 2.05) is 18.2 Å². The number of nitrogens with one attached hydrogen (secondary N) is 2. The Kier molecular flexibility index (Phi) is 7.46. The Morgan fingerprint density at radius 2 is 1.73 bits per heavy atom. The van der Waals surface area contributed by atoms with Crippen LogP contribution in [0.5, 0.6) is 0 Å². The zero-order valence-electron chi connectivity index (χ0n) is 21.5. The van der Waals surface area contributed by atoms with Gasteiger partial charge in [-0.05, 0) is 59.0 Å². The number of β-amino-alcohol motifs (C(OH)–C–C–N with tert-alkyl or cyclic N) is 1. The second-order valence-electron chi connectivity index (χ2n) is 9.82. The van der Waals surface area contributed by atoms with Crippen molar-refractivity contribution in [3.63, 3.8) is 0 Å². The summed E-state index contributed by atoms with van der Waals surface area (Å²) in [7, 11) is -2.30. The summed E-state index contributed by atoms with van der Waals surface area (Å²) in [5.74, 6) is 0.164. The molecule has 13 heteroatoms. The van der Waals surface area contributed by atoms with Gasteiger partial charge in [0.15, 0.2) is 0 Å². The number of anilines is 1. The van der Waals surface area contributed by atoms with Crippen molar-refractivity contribution in [2.45, 2.75) is 42.7 Å². The van der Waals surface area contributed by atoms with E-state index in [1.54, 1.807) is 24.1 Å². The van der Waals surface area contributed by atoms with Gasteiger partial charge in [-0.1, -0.05) is 24.3 Å². The Morgan fingerprint density at radius 3 is 2.35 bits per heavy atom. The molecule has 2 atom stereocenters. The van der Waals surface area contributed by atoms with E-state index in [4.69, 9.17) is 0 Å². The molecular formula is C27H28F3N5O4S. The molecule has 2 amide bonds. The summed E-state index contributed by atoms with van der Waals surface area (Å²) in [4.78, 5) is 17.5. The smallest absolute Gasteiger partial charge is 0.390 e. The van der Waals surface area contributed by atoms with Crippen LogP contribution in [-0.4, -0.2) is 66.0 Å². The van der Waals surface area contributed by atoms with Crippen LogP contribution in [0, 0.1) is 0 Å². The minimum absolute atomic E-state index is 0.0891. The molecular weight excluding hydrogens is 547 g/mol. The van der Waals surface area contributed by atoms with Crippen LogP contribution in [0.1, 0.15) is 23.1 Å². The number of carbonyl (C=O) groups is 1. The average Bonchev–Trinajstić information content (AvgIpc) is 3.37. The number of alkyl halides is 3. The number of fused-ring (bicyclic) bond motifs is 1. The molecule has 2 aliphatic heterocycles. The van der Waals surface area contributed by atoms with Crippen LogP contribution in [0.2, 0.25) is 0 Å². The van der Waals surface area contributed by atoms with E-state index >= 15 is 0 Å². The Balaban J connectivity index is 1.23. The Bertz CT molecular complexity index is 1500. The zero-order chi connectivity index (χ0) is 28.7. The van der Waals surface area contributed by atoms with Gasteiger partial charge in [0.1, 0.15) is 5.82 Å². The third-order valence-electron chi connectivity index (χ3n) is 7.22. The SMILES string of the molecule is CNC(=O)N1Cc2ccc(-c3ccc(S(=O)(=O)N4CC[C@@H](Nc5ccc(C(F)(F)F)cn5)[C@@H](O)C4)cc3)cc2C1. The number of benzene rings is 2. The van der Waals surface area contributed by atoms with Crippen molar-refractivity contribution < 1.29 is 31.5 Å². The van der Waals surface area contributed by atoms with Crippen LogP contribution >= 0.6 is 0 Å². The number of hydrogen-bond acceptors (Lipinski definition) is 6. The van der Waals surface area contributed by atoms with Gasteiger partial charge in [0, 0.05) is 39.4 Å². The molecule has 2 aliphatic rings. The lowest BCUT2D eigenvalue weighted by Gasteiger charge is -2.35. The number of aromatic nitrogens is 1. The van der Waals surface area contributed by atoms with Gasteiger partial charge in [-0.2, -0.15) is 17.5 Å². The first-order valence-corrected chi connectivity index (χ1v) is 14.1. The van der Waals surface area contributed by atoms with E-state index in [0.29, 0.717) is 19.3 Å². The predicted octanol–water partition coefficient (Wildman–Crippen LogP) is 3.66. The van der Waals surface area contributed by atoms with Gasteiger partial charge in [-0.3, -0.25) is 0 Å². The van der Waals surface area contributed by atoms with Crippen LogP contribution in [-0.2, 0) is 29.3 Å². The monoisotopic (exact) mass is 575 g/mol. The summed E-state index contributed by atoms with van der Waals surface area (Å²) in [5.41, 5.74) is 2.95. The molecule has 3 aromatic rings. The second-order valence-corrected chi connectivity index (χ2v) is 11.8. The number of urea groups is 1. The van der Waals surface area contributed by atoms with E-state index < -0.39 is 33.9 Å². The maximum absolute atomic E-state index is 13.3. The molecule has 0 spiro atoms. The summed E-state index contributed by atoms with van der Waals surface area (Å²) in [5, 5.41) is 16.2. The van der Waals surface area contributed by atoms with E-state index in [9.17, 15) is 31.5 Å². The third kappa shape index (κ3) is 5.62. The quantitative estimate of drug-likeness (QED) is 0.428. The normalized spacial score (nSPS) is 19.8. The number of piperidine rings is 1. The highest BCUT2D eigenvalue weighted by Crippen LogP contribution is 2.31. The number of rotatable bonds is 5. The number of pyridine rings is 1. The first-order valence-electron chi connectivity index (χ1n) is 12.6. The maximum atomic E-state index is 13.3. The lowest BCUT2D eigenvalue weighted by molar-refractivity contribution is -0.137. The Morgan fingerprint density at radius 1 is 1.02 bits per heavy atom. The predicted molar refractivity (Wildman–Crippen MR) is 142 cm³/mol. The van der Waals surface area contributed by atoms with Crippen molar-refractivity contribution in [3.8, 4) is 11.1 Å². The van der Waals surface area contributed by atoms with Gasteiger partial charge >= 0.3 is 12.2 Å². The fourth-order valence-corrected chi connectivity index (χ4v) is 6.44. The third-order valence-corrected chi connectivity index (χ3v) is 9.10. The highest BCUT2D eigenvalue weighted by atomic mass is 32.2. The molecule has 9 nitrogen and oxygen atoms in total. The molecule has 0 bridgehead atoms. The van der Waals surface area contributed by atoms with Crippen molar-refractivity contribution >= 4 is 21.9 Å². The molecule has 0 unspecified atom stereocenters. The summed E-state index contributed by atoms with van der Waals surface area (Å²) < 4.78 is 66.1. The molecule has 212 valence electrons. The van der Waals surface area contributed by atoms with Gasteiger partial charge in [0.2, 0.25) is 10.0 Å². The zero-order valence-corrected chi connectivity index (χ0v) is 22.3. The van der Waals surface area contributed by atoms with E-state index in [1.165, 1.54) is 22.5 Å². The molecule has 0 radical (unpaired) electrons. The van der Waals surface area contributed by atoms with Gasteiger partial charge in [-0.25, -0.2) is 18.2 Å². The Labute approximate surface area is 229 Å². The molecule has 40 heavy (non-hydrogen) atoms.